The van der Waals surface area contributed by atoms with Gasteiger partial charge in [-0.2, -0.15) is 13.2 Å². The van der Waals surface area contributed by atoms with Gasteiger partial charge in [-0.1, -0.05) is 24.3 Å². The fourth-order valence-electron chi connectivity index (χ4n) is 3.31. The molecular formula is C19H16F3NO2. The molecule has 0 spiro atoms. The van der Waals surface area contributed by atoms with Crippen LogP contribution in [-0.4, -0.2) is 16.1 Å². The minimum atomic E-state index is -4.53. The summed E-state index contributed by atoms with van der Waals surface area (Å²) in [6.45, 7) is 3.71. The average molecular weight is 347 g/mol. The molecular weight excluding hydrogens is 331 g/mol. The fourth-order valence-corrected chi connectivity index (χ4v) is 3.31. The van der Waals surface area contributed by atoms with Gasteiger partial charge < -0.3 is 10.1 Å². The van der Waals surface area contributed by atoms with Gasteiger partial charge in [0.2, 0.25) is 0 Å². The number of carbonyl (C=O) groups is 1. The number of carboxylic acid groups (broad SMARTS) is 1. The molecule has 0 aliphatic carbocycles. The highest BCUT2D eigenvalue weighted by Gasteiger charge is 2.34. The molecule has 0 saturated carbocycles. The van der Waals surface area contributed by atoms with Crippen molar-refractivity contribution in [2.75, 3.05) is 0 Å². The molecule has 6 heteroatoms. The molecule has 25 heavy (non-hydrogen) atoms. The highest BCUT2D eigenvalue weighted by Crippen LogP contribution is 2.40. The second-order valence-electron chi connectivity index (χ2n) is 6.10. The molecule has 0 unspecified atom stereocenters. The van der Waals surface area contributed by atoms with E-state index in [9.17, 15) is 23.1 Å². The number of aromatic amines is 1. The summed E-state index contributed by atoms with van der Waals surface area (Å²) in [6, 6.07) is 8.90. The zero-order chi connectivity index (χ0) is 18.4. The summed E-state index contributed by atoms with van der Waals surface area (Å²) in [7, 11) is 0. The number of fused-ring (bicyclic) bond motifs is 1. The van der Waals surface area contributed by atoms with Crippen LogP contribution in [0.4, 0.5) is 13.2 Å². The first kappa shape index (κ1) is 17.1. The maximum atomic E-state index is 13.4. The third kappa shape index (κ3) is 3.12. The topological polar surface area (TPSA) is 53.1 Å². The molecule has 1 aromatic heterocycles. The predicted molar refractivity (Wildman–Crippen MR) is 89.6 cm³/mol. The Morgan fingerprint density at radius 1 is 1.16 bits per heavy atom. The number of rotatable bonds is 3. The molecule has 2 N–H and O–H groups in total. The van der Waals surface area contributed by atoms with Gasteiger partial charge in [-0.3, -0.25) is 4.79 Å². The Balaban J connectivity index is 2.38. The van der Waals surface area contributed by atoms with Crippen LogP contribution >= 0.6 is 0 Å². The molecule has 0 fully saturated rings. The Morgan fingerprint density at radius 3 is 2.48 bits per heavy atom. The van der Waals surface area contributed by atoms with Crippen LogP contribution in [0.25, 0.3) is 22.2 Å². The van der Waals surface area contributed by atoms with E-state index in [0.717, 1.165) is 17.2 Å². The summed E-state index contributed by atoms with van der Waals surface area (Å²) >= 11 is 0. The lowest BCUT2D eigenvalue weighted by Gasteiger charge is -2.13. The van der Waals surface area contributed by atoms with Crippen molar-refractivity contribution in [1.29, 1.82) is 0 Å². The monoisotopic (exact) mass is 347 g/mol. The van der Waals surface area contributed by atoms with Crippen LogP contribution in [0.1, 0.15) is 22.3 Å². The number of aryl methyl sites for hydroxylation is 2. The minimum absolute atomic E-state index is 0.0421. The van der Waals surface area contributed by atoms with Crippen LogP contribution in [0.2, 0.25) is 0 Å². The highest BCUT2D eigenvalue weighted by atomic mass is 19.4. The van der Waals surface area contributed by atoms with Gasteiger partial charge in [-0.15, -0.1) is 0 Å². The minimum Gasteiger partial charge on any atom is -0.481 e. The zero-order valence-corrected chi connectivity index (χ0v) is 13.7. The van der Waals surface area contributed by atoms with Crippen molar-refractivity contribution in [1.82, 2.24) is 4.98 Å². The van der Waals surface area contributed by atoms with E-state index in [1.165, 1.54) is 18.2 Å². The normalized spacial score (nSPS) is 11.9. The molecule has 0 atom stereocenters. The highest BCUT2D eigenvalue weighted by molar-refractivity contribution is 5.96. The summed E-state index contributed by atoms with van der Waals surface area (Å²) in [5.74, 6) is -1.09. The molecule has 0 aliphatic rings. The molecule has 0 amide bonds. The second kappa shape index (κ2) is 5.95. The number of H-pyrrole nitrogens is 1. The molecule has 0 radical (unpaired) electrons. The van der Waals surface area contributed by atoms with Crippen molar-refractivity contribution >= 4 is 16.9 Å². The Kier molecular flexibility index (Phi) is 4.06. The van der Waals surface area contributed by atoms with E-state index in [0.29, 0.717) is 16.5 Å². The summed E-state index contributed by atoms with van der Waals surface area (Å²) in [4.78, 5) is 14.3. The third-order valence-electron chi connectivity index (χ3n) is 4.17. The maximum Gasteiger partial charge on any atom is 0.417 e. The summed E-state index contributed by atoms with van der Waals surface area (Å²) in [6.07, 6.45) is -4.88. The van der Waals surface area contributed by atoms with Crippen molar-refractivity contribution in [2.45, 2.75) is 26.4 Å². The van der Waals surface area contributed by atoms with E-state index < -0.39 is 17.7 Å². The number of nitrogens with one attached hydrogen (secondary N) is 1. The third-order valence-corrected chi connectivity index (χ3v) is 4.17. The molecule has 3 aromatic rings. The number of aliphatic carboxylic acids is 1. The maximum absolute atomic E-state index is 13.4. The van der Waals surface area contributed by atoms with Crippen molar-refractivity contribution < 1.29 is 23.1 Å². The van der Waals surface area contributed by atoms with Gasteiger partial charge in [0.05, 0.1) is 17.7 Å². The Hall–Kier alpha value is -2.76. The largest absolute Gasteiger partial charge is 0.481 e. The Morgan fingerprint density at radius 2 is 1.84 bits per heavy atom. The molecule has 0 aliphatic heterocycles. The summed E-state index contributed by atoms with van der Waals surface area (Å²) in [5.41, 5.74) is 2.17. The van der Waals surface area contributed by atoms with Crippen molar-refractivity contribution in [2.24, 2.45) is 0 Å². The number of hydrogen-bond acceptors (Lipinski definition) is 1. The van der Waals surface area contributed by atoms with Crippen molar-refractivity contribution in [3.8, 4) is 11.3 Å². The SMILES string of the molecule is Cc1cc(C)c2c(CC(=O)O)c(-c3ccccc3C(F)(F)F)[nH]c2c1. The molecule has 0 saturated heterocycles. The van der Waals surface area contributed by atoms with E-state index in [-0.39, 0.29) is 17.7 Å². The van der Waals surface area contributed by atoms with Gasteiger partial charge >= 0.3 is 12.1 Å². The van der Waals surface area contributed by atoms with Crippen LogP contribution < -0.4 is 0 Å². The van der Waals surface area contributed by atoms with Crippen LogP contribution in [-0.2, 0) is 17.4 Å². The summed E-state index contributed by atoms with van der Waals surface area (Å²) < 4.78 is 40.2. The van der Waals surface area contributed by atoms with E-state index in [2.05, 4.69) is 4.98 Å². The first-order valence-electron chi connectivity index (χ1n) is 7.68. The summed E-state index contributed by atoms with van der Waals surface area (Å²) in [5, 5.41) is 9.92. The Labute approximate surface area is 142 Å². The molecule has 0 bridgehead atoms. The zero-order valence-electron chi connectivity index (χ0n) is 13.7. The van der Waals surface area contributed by atoms with E-state index in [4.69, 9.17) is 0 Å². The standard InChI is InChI=1S/C19H16F3NO2/c1-10-7-11(2)17-13(9-16(24)25)18(23-15(17)8-10)12-5-3-4-6-14(12)19(20,21)22/h3-8,23H,9H2,1-2H3,(H,24,25). The number of alkyl halides is 3. The van der Waals surface area contributed by atoms with Gasteiger partial charge in [0.25, 0.3) is 0 Å². The lowest BCUT2D eigenvalue weighted by molar-refractivity contribution is -0.137. The second-order valence-corrected chi connectivity index (χ2v) is 6.10. The lowest BCUT2D eigenvalue weighted by Crippen LogP contribution is -2.08. The van der Waals surface area contributed by atoms with Crippen LogP contribution in [0.5, 0.6) is 0 Å². The molecule has 130 valence electrons. The van der Waals surface area contributed by atoms with E-state index in [1.54, 1.807) is 0 Å². The van der Waals surface area contributed by atoms with Crippen molar-refractivity contribution in [3.05, 3.63) is 58.7 Å². The van der Waals surface area contributed by atoms with Crippen LogP contribution in [0.15, 0.2) is 36.4 Å². The van der Waals surface area contributed by atoms with E-state index >= 15 is 0 Å². The fraction of sp³-hybridized carbons (Fsp3) is 0.211. The number of hydrogen-bond donors (Lipinski definition) is 2. The van der Waals surface area contributed by atoms with Gasteiger partial charge in [0.1, 0.15) is 0 Å². The molecule has 3 nitrogen and oxygen atoms in total. The quantitative estimate of drug-likeness (QED) is 0.693. The molecule has 1 heterocycles. The smallest absolute Gasteiger partial charge is 0.417 e. The van der Waals surface area contributed by atoms with E-state index in [1.807, 2.05) is 26.0 Å². The van der Waals surface area contributed by atoms with Gasteiger partial charge in [-0.05, 0) is 42.7 Å². The first-order chi connectivity index (χ1) is 11.7. The lowest BCUT2D eigenvalue weighted by atomic mass is 9.96. The average Bonchev–Trinajstić information content (AvgIpc) is 2.84. The van der Waals surface area contributed by atoms with Crippen LogP contribution in [0, 0.1) is 13.8 Å². The van der Waals surface area contributed by atoms with Crippen LogP contribution in [0.3, 0.4) is 0 Å². The number of benzene rings is 2. The van der Waals surface area contributed by atoms with Gasteiger partial charge in [0, 0.05) is 16.5 Å². The predicted octanol–water partition coefficient (Wildman–Crippen LogP) is 5.10. The number of carboxylic acids is 1. The molecule has 3 rings (SSSR count). The van der Waals surface area contributed by atoms with Gasteiger partial charge in [0.15, 0.2) is 0 Å². The number of aromatic nitrogens is 1. The van der Waals surface area contributed by atoms with Crippen molar-refractivity contribution in [3.63, 3.8) is 0 Å². The number of halogens is 3. The Bertz CT molecular complexity index is 971. The molecule has 2 aromatic carbocycles. The first-order valence-corrected chi connectivity index (χ1v) is 7.68. The van der Waals surface area contributed by atoms with Gasteiger partial charge in [-0.25, -0.2) is 0 Å².